The predicted molar refractivity (Wildman–Crippen MR) is 139 cm³/mol. The average Bonchev–Trinajstić information content (AvgIpc) is 3.53. The number of aromatic nitrogens is 3. The smallest absolute Gasteiger partial charge is 0.335 e. The Bertz CT molecular complexity index is 1670. The Kier molecular flexibility index (Phi) is 6.17. The van der Waals surface area contributed by atoms with Gasteiger partial charge in [0.2, 0.25) is 0 Å². The van der Waals surface area contributed by atoms with E-state index in [2.05, 4.69) is 15.2 Å². The highest BCUT2D eigenvalue weighted by Crippen LogP contribution is 2.34. The fraction of sp³-hybridized carbons (Fsp3) is 0.321. The van der Waals surface area contributed by atoms with E-state index in [1.807, 2.05) is 17.7 Å². The zero-order valence-corrected chi connectivity index (χ0v) is 21.2. The molecule has 1 fully saturated rings. The third kappa shape index (κ3) is 4.26. The highest BCUT2D eigenvalue weighted by atomic mass is 19.1. The molecule has 8 nitrogen and oxygen atoms in total. The largest absolute Gasteiger partial charge is 0.478 e. The number of carboxylic acid groups (broad SMARTS) is 1. The number of nitrogens with zero attached hydrogens (tertiary/aromatic N) is 4. The van der Waals surface area contributed by atoms with Crippen LogP contribution in [0.2, 0.25) is 0 Å². The van der Waals surface area contributed by atoms with Crippen molar-refractivity contribution in [3.8, 4) is 5.69 Å². The standard InChI is InChI=1S/C28H26F3N5O3/c1-34-17(13-35-8-4-15(5-9-35)24-20(29)10-16(28(38)39)11-21(24)30)12-19-23(3-7-33-26(19)34)36-14-22(31)25-18(27(36)37)2-6-32-25/h3,7,10-12,14-15,32H,2,4-6,8-9,13H2,1H3,(H,38,39). The Hall–Kier alpha value is -4.12. The molecule has 1 saturated heterocycles. The number of pyridine rings is 2. The second-order valence-electron chi connectivity index (χ2n) is 10.2. The van der Waals surface area contributed by atoms with Gasteiger partial charge in [0.05, 0.1) is 23.1 Å². The molecule has 0 saturated carbocycles. The van der Waals surface area contributed by atoms with Gasteiger partial charge in [-0.3, -0.25) is 14.3 Å². The minimum Gasteiger partial charge on any atom is -0.478 e. The number of aromatic carboxylic acids is 1. The van der Waals surface area contributed by atoms with Crippen LogP contribution in [0.25, 0.3) is 16.7 Å². The van der Waals surface area contributed by atoms with Crippen LogP contribution in [0.4, 0.5) is 18.9 Å². The first-order valence-electron chi connectivity index (χ1n) is 12.8. The minimum atomic E-state index is -1.37. The molecule has 202 valence electrons. The Morgan fingerprint density at radius 1 is 1.13 bits per heavy atom. The van der Waals surface area contributed by atoms with Gasteiger partial charge < -0.3 is 15.0 Å². The Balaban J connectivity index is 1.24. The van der Waals surface area contributed by atoms with Crippen LogP contribution in [-0.2, 0) is 20.0 Å². The average molecular weight is 538 g/mol. The molecule has 3 aromatic heterocycles. The Labute approximate surface area is 221 Å². The number of carboxylic acids is 1. The molecule has 0 radical (unpaired) electrons. The zero-order valence-electron chi connectivity index (χ0n) is 21.2. The molecule has 5 heterocycles. The van der Waals surface area contributed by atoms with Crippen LogP contribution in [-0.4, -0.2) is 49.7 Å². The molecular formula is C28H26F3N5O3. The summed E-state index contributed by atoms with van der Waals surface area (Å²) in [7, 11) is 1.88. The van der Waals surface area contributed by atoms with Gasteiger partial charge in [-0.15, -0.1) is 0 Å². The topological polar surface area (TPSA) is 92.4 Å². The summed E-state index contributed by atoms with van der Waals surface area (Å²) in [4.78, 5) is 30.9. The molecule has 11 heteroatoms. The number of benzene rings is 1. The van der Waals surface area contributed by atoms with E-state index in [1.54, 1.807) is 12.3 Å². The number of aryl methyl sites for hydroxylation is 1. The maximum absolute atomic E-state index is 14.7. The van der Waals surface area contributed by atoms with E-state index in [-0.39, 0.29) is 22.7 Å². The summed E-state index contributed by atoms with van der Waals surface area (Å²) in [5.41, 5.74) is 2.13. The molecule has 2 aliphatic heterocycles. The van der Waals surface area contributed by atoms with Crippen LogP contribution in [0.3, 0.4) is 0 Å². The normalized spacial score (nSPS) is 16.0. The summed E-state index contributed by atoms with van der Waals surface area (Å²) in [6.45, 7) is 2.26. The number of halogens is 3. The molecule has 0 amide bonds. The monoisotopic (exact) mass is 537 g/mol. The van der Waals surface area contributed by atoms with Crippen LogP contribution in [0.5, 0.6) is 0 Å². The van der Waals surface area contributed by atoms with Crippen molar-refractivity contribution in [3.05, 3.63) is 86.8 Å². The SMILES string of the molecule is Cn1c(CN2CCC(c3c(F)cc(C(=O)O)cc3F)CC2)cc2c(-n3cc(F)c4c(c3=O)CCN4)ccnc21. The highest BCUT2D eigenvalue weighted by Gasteiger charge is 2.28. The van der Waals surface area contributed by atoms with Crippen molar-refractivity contribution in [3.63, 3.8) is 0 Å². The number of rotatable bonds is 5. The van der Waals surface area contributed by atoms with E-state index in [0.29, 0.717) is 62.3 Å². The van der Waals surface area contributed by atoms with Crippen LogP contribution < -0.4 is 10.9 Å². The van der Waals surface area contributed by atoms with Crippen molar-refractivity contribution < 1.29 is 23.1 Å². The quantitative estimate of drug-likeness (QED) is 0.397. The van der Waals surface area contributed by atoms with Gasteiger partial charge in [0.15, 0.2) is 5.82 Å². The summed E-state index contributed by atoms with van der Waals surface area (Å²) in [5, 5.41) is 12.7. The molecule has 0 spiro atoms. The van der Waals surface area contributed by atoms with Crippen molar-refractivity contribution in [2.75, 3.05) is 25.0 Å². The summed E-state index contributed by atoms with van der Waals surface area (Å²) in [5.74, 6) is -3.85. The first-order chi connectivity index (χ1) is 18.7. The molecular weight excluding hydrogens is 511 g/mol. The molecule has 2 aliphatic rings. The fourth-order valence-corrected chi connectivity index (χ4v) is 5.87. The number of carbonyl (C=O) groups is 1. The number of nitrogens with one attached hydrogen (secondary N) is 1. The van der Waals surface area contributed by atoms with Crippen molar-refractivity contribution >= 4 is 22.7 Å². The third-order valence-electron chi connectivity index (χ3n) is 7.91. The van der Waals surface area contributed by atoms with E-state index in [0.717, 1.165) is 23.2 Å². The molecule has 0 atom stereocenters. The molecule has 0 bridgehead atoms. The van der Waals surface area contributed by atoms with Crippen molar-refractivity contribution in [1.82, 2.24) is 19.0 Å². The summed E-state index contributed by atoms with van der Waals surface area (Å²) in [6.07, 6.45) is 4.32. The van der Waals surface area contributed by atoms with Gasteiger partial charge in [-0.25, -0.2) is 22.9 Å². The number of fused-ring (bicyclic) bond motifs is 2. The van der Waals surface area contributed by atoms with E-state index in [1.165, 1.54) is 10.8 Å². The van der Waals surface area contributed by atoms with Crippen molar-refractivity contribution in [2.24, 2.45) is 7.05 Å². The van der Waals surface area contributed by atoms with Crippen molar-refractivity contribution in [2.45, 2.75) is 31.7 Å². The highest BCUT2D eigenvalue weighted by molar-refractivity contribution is 5.88. The molecule has 0 aliphatic carbocycles. The van der Waals surface area contributed by atoms with E-state index >= 15 is 0 Å². The summed E-state index contributed by atoms with van der Waals surface area (Å²) in [6, 6.07) is 5.40. The Morgan fingerprint density at radius 2 is 1.85 bits per heavy atom. The van der Waals surface area contributed by atoms with Crippen LogP contribution in [0, 0.1) is 17.5 Å². The number of hydrogen-bond donors (Lipinski definition) is 2. The van der Waals surface area contributed by atoms with E-state index in [4.69, 9.17) is 5.11 Å². The first kappa shape index (κ1) is 25.2. The summed E-state index contributed by atoms with van der Waals surface area (Å²) >= 11 is 0. The Morgan fingerprint density at radius 3 is 2.54 bits per heavy atom. The molecule has 1 aromatic carbocycles. The molecule has 6 rings (SSSR count). The summed E-state index contributed by atoms with van der Waals surface area (Å²) < 4.78 is 47.2. The van der Waals surface area contributed by atoms with Gasteiger partial charge in [-0.05, 0) is 62.5 Å². The van der Waals surface area contributed by atoms with Crippen LogP contribution in [0.15, 0.2) is 41.5 Å². The van der Waals surface area contributed by atoms with E-state index < -0.39 is 29.0 Å². The van der Waals surface area contributed by atoms with Gasteiger partial charge in [0.25, 0.3) is 5.56 Å². The number of piperidine rings is 1. The second-order valence-corrected chi connectivity index (χ2v) is 10.2. The number of anilines is 1. The van der Waals surface area contributed by atoms with Gasteiger partial charge in [-0.1, -0.05) is 0 Å². The zero-order chi connectivity index (χ0) is 27.4. The van der Waals surface area contributed by atoms with E-state index in [9.17, 15) is 22.8 Å². The minimum absolute atomic E-state index is 0.0553. The second kappa shape index (κ2) is 9.57. The van der Waals surface area contributed by atoms with Gasteiger partial charge in [0.1, 0.15) is 17.3 Å². The number of likely N-dealkylation sites (tertiary alicyclic amines) is 1. The lowest BCUT2D eigenvalue weighted by atomic mass is 9.88. The molecule has 4 aromatic rings. The van der Waals surface area contributed by atoms with Crippen LogP contribution in [0.1, 0.15) is 45.9 Å². The maximum Gasteiger partial charge on any atom is 0.335 e. The van der Waals surface area contributed by atoms with Gasteiger partial charge in [-0.2, -0.15) is 0 Å². The lowest BCUT2D eigenvalue weighted by molar-refractivity contribution is 0.0695. The number of hydrogen-bond acceptors (Lipinski definition) is 5. The van der Waals surface area contributed by atoms with Crippen LogP contribution >= 0.6 is 0 Å². The third-order valence-corrected chi connectivity index (χ3v) is 7.91. The predicted octanol–water partition coefficient (Wildman–Crippen LogP) is 4.19. The van der Waals surface area contributed by atoms with Gasteiger partial charge >= 0.3 is 5.97 Å². The first-order valence-corrected chi connectivity index (χ1v) is 12.8. The lowest BCUT2D eigenvalue weighted by Crippen LogP contribution is -2.33. The fourth-order valence-electron chi connectivity index (χ4n) is 5.87. The maximum atomic E-state index is 14.7. The molecule has 0 unspecified atom stereocenters. The molecule has 39 heavy (non-hydrogen) atoms. The van der Waals surface area contributed by atoms with Gasteiger partial charge in [0, 0.05) is 48.5 Å². The molecule has 2 N–H and O–H groups in total. The lowest BCUT2D eigenvalue weighted by Gasteiger charge is -2.32. The van der Waals surface area contributed by atoms with Crippen molar-refractivity contribution in [1.29, 1.82) is 0 Å².